The predicted molar refractivity (Wildman–Crippen MR) is 82.9 cm³/mol. The first-order chi connectivity index (χ1) is 9.13. The number of thiazole rings is 1. The van der Waals surface area contributed by atoms with E-state index in [9.17, 15) is 4.79 Å². The summed E-state index contributed by atoms with van der Waals surface area (Å²) in [5.74, 6) is 0. The van der Waals surface area contributed by atoms with Gasteiger partial charge in [0.25, 0.3) is 5.24 Å². The summed E-state index contributed by atoms with van der Waals surface area (Å²) in [5, 5.41) is 0.488. The summed E-state index contributed by atoms with van der Waals surface area (Å²) in [4.78, 5) is 15.7. The number of hydrogen-bond acceptors (Lipinski definition) is 3. The van der Waals surface area contributed by atoms with E-state index in [4.69, 9.17) is 11.6 Å². The van der Waals surface area contributed by atoms with Crippen LogP contribution in [0.1, 0.15) is 10.4 Å². The van der Waals surface area contributed by atoms with Crippen LogP contribution in [-0.4, -0.2) is 10.2 Å². The Hall–Kier alpha value is -1.23. The van der Waals surface area contributed by atoms with Crippen molar-refractivity contribution in [2.24, 2.45) is 0 Å². The minimum absolute atomic E-state index is 0.444. The summed E-state index contributed by atoms with van der Waals surface area (Å²) in [5.41, 5.74) is 2.44. The highest BCUT2D eigenvalue weighted by Gasteiger charge is 2.09. The average molecular weight is 353 g/mol. The molecule has 0 aliphatic carbocycles. The van der Waals surface area contributed by atoms with Gasteiger partial charge in [0.05, 0.1) is 10.2 Å². The molecule has 1 aromatic heterocycles. The van der Waals surface area contributed by atoms with Crippen LogP contribution in [0, 0.1) is 0 Å². The van der Waals surface area contributed by atoms with E-state index in [-0.39, 0.29) is 0 Å². The minimum Gasteiger partial charge on any atom is -0.276 e. The molecule has 3 rings (SSSR count). The molecule has 3 aromatic rings. The van der Waals surface area contributed by atoms with Crippen molar-refractivity contribution < 1.29 is 4.79 Å². The zero-order valence-electron chi connectivity index (χ0n) is 9.56. The minimum atomic E-state index is -0.444. The first-order valence-corrected chi connectivity index (χ1v) is 7.48. The molecule has 0 saturated heterocycles. The number of fused-ring (bicyclic) bond motifs is 1. The number of benzene rings is 2. The van der Waals surface area contributed by atoms with Crippen molar-refractivity contribution in [3.63, 3.8) is 0 Å². The van der Waals surface area contributed by atoms with Crippen LogP contribution in [0.25, 0.3) is 20.8 Å². The predicted octanol–water partition coefficient (Wildman–Crippen LogP) is 5.10. The lowest BCUT2D eigenvalue weighted by molar-refractivity contribution is 0.108. The largest absolute Gasteiger partial charge is 0.276 e. The van der Waals surface area contributed by atoms with Gasteiger partial charge in [-0.2, -0.15) is 0 Å². The Labute approximate surface area is 127 Å². The van der Waals surface area contributed by atoms with E-state index in [2.05, 4.69) is 20.9 Å². The lowest BCUT2D eigenvalue weighted by Gasteiger charge is -1.94. The van der Waals surface area contributed by atoms with Gasteiger partial charge in [-0.15, -0.1) is 11.3 Å². The molecular weight excluding hydrogens is 346 g/mol. The van der Waals surface area contributed by atoms with Crippen LogP contribution in [0.4, 0.5) is 0 Å². The van der Waals surface area contributed by atoms with E-state index in [1.54, 1.807) is 23.5 Å². The summed E-state index contributed by atoms with van der Waals surface area (Å²) in [7, 11) is 0. The fourth-order valence-electron chi connectivity index (χ4n) is 1.76. The fourth-order valence-corrected chi connectivity index (χ4v) is 3.16. The average Bonchev–Trinajstić information content (AvgIpc) is 2.82. The van der Waals surface area contributed by atoms with Crippen LogP contribution in [0.3, 0.4) is 0 Å². The van der Waals surface area contributed by atoms with Gasteiger partial charge in [-0.3, -0.25) is 4.79 Å². The Kier molecular flexibility index (Phi) is 3.39. The Bertz CT molecular complexity index is 767. The Balaban J connectivity index is 2.11. The van der Waals surface area contributed by atoms with Crippen molar-refractivity contribution in [2.45, 2.75) is 0 Å². The monoisotopic (exact) mass is 351 g/mol. The molecule has 0 aliphatic rings. The second-order valence-corrected chi connectivity index (χ2v) is 6.27. The molecule has 0 amide bonds. The molecule has 19 heavy (non-hydrogen) atoms. The van der Waals surface area contributed by atoms with E-state index in [0.29, 0.717) is 5.56 Å². The van der Waals surface area contributed by atoms with Crippen molar-refractivity contribution >= 4 is 54.3 Å². The smallest absolute Gasteiger partial charge is 0.252 e. The molecule has 2 nitrogen and oxygen atoms in total. The second kappa shape index (κ2) is 5.04. The summed E-state index contributed by atoms with van der Waals surface area (Å²) in [6.07, 6.45) is 0. The standard InChI is InChI=1S/C14H7BrClNOS/c15-10-4-1-8(2-5-10)14-17-11-6-3-9(13(16)18)7-12(11)19-14/h1-7H. The van der Waals surface area contributed by atoms with Crippen LogP contribution in [0.15, 0.2) is 46.9 Å². The highest BCUT2D eigenvalue weighted by molar-refractivity contribution is 9.10. The maximum atomic E-state index is 11.1. The van der Waals surface area contributed by atoms with Gasteiger partial charge in [-0.1, -0.05) is 28.1 Å². The Morgan fingerprint density at radius 3 is 2.58 bits per heavy atom. The molecule has 94 valence electrons. The zero-order chi connectivity index (χ0) is 13.4. The lowest BCUT2D eigenvalue weighted by Crippen LogP contribution is -1.86. The molecule has 0 radical (unpaired) electrons. The van der Waals surface area contributed by atoms with Crippen molar-refractivity contribution in [1.82, 2.24) is 4.98 Å². The molecule has 0 spiro atoms. The Morgan fingerprint density at radius 1 is 1.16 bits per heavy atom. The highest BCUT2D eigenvalue weighted by Crippen LogP contribution is 2.31. The highest BCUT2D eigenvalue weighted by atomic mass is 79.9. The third kappa shape index (κ3) is 2.56. The van der Waals surface area contributed by atoms with Crippen LogP contribution < -0.4 is 0 Å². The summed E-state index contributed by atoms with van der Waals surface area (Å²) < 4.78 is 2.00. The fraction of sp³-hybridized carbons (Fsp3) is 0. The summed E-state index contributed by atoms with van der Waals surface area (Å²) in [6, 6.07) is 13.3. The lowest BCUT2D eigenvalue weighted by atomic mass is 10.2. The van der Waals surface area contributed by atoms with Gasteiger partial charge < -0.3 is 0 Å². The van der Waals surface area contributed by atoms with Crippen molar-refractivity contribution in [3.05, 3.63) is 52.5 Å². The second-order valence-electron chi connectivity index (χ2n) is 3.98. The van der Waals surface area contributed by atoms with Crippen molar-refractivity contribution in [3.8, 4) is 10.6 Å². The third-order valence-corrected chi connectivity index (χ3v) is 4.52. The van der Waals surface area contributed by atoms with Gasteiger partial charge in [-0.05, 0) is 41.9 Å². The van der Waals surface area contributed by atoms with Gasteiger partial charge in [0, 0.05) is 15.6 Å². The quantitative estimate of drug-likeness (QED) is 0.600. The van der Waals surface area contributed by atoms with E-state index in [0.717, 1.165) is 25.3 Å². The van der Waals surface area contributed by atoms with Gasteiger partial charge in [0.15, 0.2) is 0 Å². The van der Waals surface area contributed by atoms with Crippen LogP contribution in [0.5, 0.6) is 0 Å². The van der Waals surface area contributed by atoms with Gasteiger partial charge >= 0.3 is 0 Å². The van der Waals surface area contributed by atoms with Gasteiger partial charge in [0.2, 0.25) is 0 Å². The molecule has 1 heterocycles. The molecule has 0 atom stereocenters. The summed E-state index contributed by atoms with van der Waals surface area (Å²) >= 11 is 10.4. The van der Waals surface area contributed by atoms with Crippen LogP contribution in [-0.2, 0) is 0 Å². The Morgan fingerprint density at radius 2 is 1.89 bits per heavy atom. The summed E-state index contributed by atoms with van der Waals surface area (Å²) in [6.45, 7) is 0. The maximum Gasteiger partial charge on any atom is 0.252 e. The number of aromatic nitrogens is 1. The van der Waals surface area contributed by atoms with Crippen LogP contribution in [0.2, 0.25) is 0 Å². The molecule has 0 aliphatic heterocycles. The van der Waals surface area contributed by atoms with Crippen molar-refractivity contribution in [2.75, 3.05) is 0 Å². The number of hydrogen-bond donors (Lipinski definition) is 0. The van der Waals surface area contributed by atoms with E-state index in [1.165, 1.54) is 0 Å². The first-order valence-electron chi connectivity index (χ1n) is 5.50. The number of rotatable bonds is 2. The molecule has 0 unspecified atom stereocenters. The van der Waals surface area contributed by atoms with E-state index >= 15 is 0 Å². The number of nitrogens with zero attached hydrogens (tertiary/aromatic N) is 1. The van der Waals surface area contributed by atoms with E-state index in [1.807, 2.05) is 30.3 Å². The number of carbonyl (C=O) groups is 1. The molecule has 0 N–H and O–H groups in total. The van der Waals surface area contributed by atoms with Gasteiger partial charge in [0.1, 0.15) is 5.01 Å². The normalized spacial score (nSPS) is 10.8. The topological polar surface area (TPSA) is 30.0 Å². The third-order valence-electron chi connectivity index (χ3n) is 2.71. The van der Waals surface area contributed by atoms with Gasteiger partial charge in [-0.25, -0.2) is 4.98 Å². The molecule has 0 bridgehead atoms. The van der Waals surface area contributed by atoms with Crippen LogP contribution >= 0.6 is 38.9 Å². The first kappa shape index (κ1) is 12.8. The molecule has 0 saturated carbocycles. The SMILES string of the molecule is O=C(Cl)c1ccc2nc(-c3ccc(Br)cc3)sc2c1. The van der Waals surface area contributed by atoms with Crippen molar-refractivity contribution in [1.29, 1.82) is 0 Å². The molecule has 5 heteroatoms. The molecule has 2 aromatic carbocycles. The molecule has 0 fully saturated rings. The molecular formula is C14H7BrClNOS. The number of halogens is 2. The van der Waals surface area contributed by atoms with E-state index < -0.39 is 5.24 Å². The maximum absolute atomic E-state index is 11.1. The zero-order valence-corrected chi connectivity index (χ0v) is 12.7. The number of carbonyl (C=O) groups excluding carboxylic acids is 1.